The topological polar surface area (TPSA) is 46.9 Å². The number of halogens is 2. The van der Waals surface area contributed by atoms with Gasteiger partial charge in [0.25, 0.3) is 0 Å². The zero-order valence-electron chi connectivity index (χ0n) is 16.7. The molecule has 31 heavy (non-hydrogen) atoms. The summed E-state index contributed by atoms with van der Waals surface area (Å²) >= 11 is 0. The van der Waals surface area contributed by atoms with E-state index >= 15 is 0 Å². The van der Waals surface area contributed by atoms with Gasteiger partial charge in [-0.2, -0.15) is 5.10 Å². The molecule has 4 rings (SSSR count). The predicted molar refractivity (Wildman–Crippen MR) is 118 cm³/mol. The van der Waals surface area contributed by atoms with Crippen LogP contribution in [0.3, 0.4) is 0 Å². The van der Waals surface area contributed by atoms with Gasteiger partial charge in [-0.05, 0) is 37.3 Å². The van der Waals surface area contributed by atoms with E-state index in [4.69, 9.17) is 5.10 Å². The van der Waals surface area contributed by atoms with Gasteiger partial charge in [-0.25, -0.2) is 13.5 Å². The highest BCUT2D eigenvalue weighted by atomic mass is 19.2. The van der Waals surface area contributed by atoms with Crippen molar-refractivity contribution in [2.45, 2.75) is 6.92 Å². The Labute approximate surface area is 178 Å². The van der Waals surface area contributed by atoms with Crippen LogP contribution in [0.5, 0.6) is 0 Å². The van der Waals surface area contributed by atoms with Crippen molar-refractivity contribution in [3.63, 3.8) is 0 Å². The summed E-state index contributed by atoms with van der Waals surface area (Å²) in [5, 5.41) is 7.23. The molecule has 0 aliphatic carbocycles. The zero-order valence-corrected chi connectivity index (χ0v) is 16.7. The number of rotatable bonds is 5. The number of nitrogens with zero attached hydrogens (tertiary/aromatic N) is 2. The summed E-state index contributed by atoms with van der Waals surface area (Å²) in [6, 6.07) is 20.8. The van der Waals surface area contributed by atoms with Crippen LogP contribution in [0.25, 0.3) is 23.0 Å². The SMILES string of the molecule is Cc1ccc(-c2nn(-c3ccccc3)cc2C=CC(=O)Nc2ccc(F)c(F)c2)cc1. The molecule has 3 aromatic carbocycles. The number of benzene rings is 3. The Hall–Kier alpha value is -4.06. The molecule has 4 aromatic rings. The molecule has 1 N–H and O–H groups in total. The van der Waals surface area contributed by atoms with Crippen molar-refractivity contribution >= 4 is 17.7 Å². The summed E-state index contributed by atoms with van der Waals surface area (Å²) < 4.78 is 28.2. The third-order valence-corrected chi connectivity index (χ3v) is 4.69. The number of aromatic nitrogens is 2. The Morgan fingerprint density at radius 2 is 1.71 bits per heavy atom. The number of para-hydroxylation sites is 1. The van der Waals surface area contributed by atoms with E-state index in [1.54, 1.807) is 10.8 Å². The molecule has 0 radical (unpaired) electrons. The van der Waals surface area contributed by atoms with Gasteiger partial charge in [-0.3, -0.25) is 4.79 Å². The second-order valence-electron chi connectivity index (χ2n) is 7.03. The van der Waals surface area contributed by atoms with Gasteiger partial charge in [0.1, 0.15) is 0 Å². The standard InChI is InChI=1S/C25H19F2N3O/c1-17-7-9-18(10-8-17)25-19(16-30(29-25)21-5-3-2-4-6-21)11-14-24(31)28-20-12-13-22(26)23(27)15-20/h2-16H,1H3,(H,28,31). The minimum Gasteiger partial charge on any atom is -0.322 e. The number of carbonyl (C=O) groups excluding carboxylic acids is 1. The highest BCUT2D eigenvalue weighted by Crippen LogP contribution is 2.25. The normalized spacial score (nSPS) is 11.1. The summed E-state index contributed by atoms with van der Waals surface area (Å²) in [5.41, 5.74) is 4.58. The molecule has 0 spiro atoms. The van der Waals surface area contributed by atoms with E-state index in [9.17, 15) is 13.6 Å². The molecule has 0 unspecified atom stereocenters. The lowest BCUT2D eigenvalue weighted by Crippen LogP contribution is -2.08. The number of hydrogen-bond acceptors (Lipinski definition) is 2. The summed E-state index contributed by atoms with van der Waals surface area (Å²) in [6.07, 6.45) is 4.83. The first-order valence-electron chi connectivity index (χ1n) is 9.66. The van der Waals surface area contributed by atoms with Crippen LogP contribution in [0.1, 0.15) is 11.1 Å². The zero-order chi connectivity index (χ0) is 21.8. The van der Waals surface area contributed by atoms with Crippen LogP contribution in [-0.4, -0.2) is 15.7 Å². The molecule has 1 heterocycles. The summed E-state index contributed by atoms with van der Waals surface area (Å²) in [5.74, 6) is -2.45. The minimum absolute atomic E-state index is 0.173. The van der Waals surface area contributed by atoms with E-state index < -0.39 is 17.5 Å². The van der Waals surface area contributed by atoms with Crippen molar-refractivity contribution in [3.8, 4) is 16.9 Å². The van der Waals surface area contributed by atoms with Gasteiger partial charge in [0.2, 0.25) is 5.91 Å². The second kappa shape index (κ2) is 8.75. The van der Waals surface area contributed by atoms with Crippen LogP contribution in [0, 0.1) is 18.6 Å². The smallest absolute Gasteiger partial charge is 0.248 e. The second-order valence-corrected chi connectivity index (χ2v) is 7.03. The van der Waals surface area contributed by atoms with Crippen LogP contribution in [0.15, 0.2) is 85.1 Å². The van der Waals surface area contributed by atoms with Crippen molar-refractivity contribution < 1.29 is 13.6 Å². The number of nitrogens with one attached hydrogen (secondary N) is 1. The number of carbonyl (C=O) groups is 1. The van der Waals surface area contributed by atoms with E-state index in [-0.39, 0.29) is 5.69 Å². The number of anilines is 1. The van der Waals surface area contributed by atoms with E-state index in [0.29, 0.717) is 0 Å². The average molecular weight is 415 g/mol. The van der Waals surface area contributed by atoms with Gasteiger partial charge in [0.05, 0.1) is 11.4 Å². The first kappa shape index (κ1) is 20.2. The Morgan fingerprint density at radius 1 is 0.968 bits per heavy atom. The van der Waals surface area contributed by atoms with E-state index in [0.717, 1.165) is 40.2 Å². The average Bonchev–Trinajstić information content (AvgIpc) is 3.20. The molecule has 0 saturated carbocycles. The highest BCUT2D eigenvalue weighted by Gasteiger charge is 2.11. The fourth-order valence-corrected chi connectivity index (χ4v) is 3.08. The highest BCUT2D eigenvalue weighted by molar-refractivity contribution is 6.02. The summed E-state index contributed by atoms with van der Waals surface area (Å²) in [7, 11) is 0. The quantitative estimate of drug-likeness (QED) is 0.420. The molecule has 0 atom stereocenters. The Bertz CT molecular complexity index is 1250. The lowest BCUT2D eigenvalue weighted by Gasteiger charge is -2.03. The number of amides is 1. The van der Waals surface area contributed by atoms with E-state index in [1.807, 2.05) is 67.7 Å². The molecule has 0 bridgehead atoms. The van der Waals surface area contributed by atoms with Gasteiger partial charge >= 0.3 is 0 Å². The van der Waals surface area contributed by atoms with Crippen LogP contribution in [0.4, 0.5) is 14.5 Å². The first-order chi connectivity index (χ1) is 15.0. The van der Waals surface area contributed by atoms with Crippen LogP contribution in [-0.2, 0) is 4.79 Å². The van der Waals surface area contributed by atoms with E-state index in [2.05, 4.69) is 5.32 Å². The molecule has 0 fully saturated rings. The first-order valence-corrected chi connectivity index (χ1v) is 9.66. The van der Waals surface area contributed by atoms with E-state index in [1.165, 1.54) is 12.1 Å². The Kier molecular flexibility index (Phi) is 5.71. The number of aryl methyl sites for hydroxylation is 1. The molecule has 154 valence electrons. The minimum atomic E-state index is -1.02. The Balaban J connectivity index is 1.64. The molecular formula is C25H19F2N3O. The van der Waals surface area contributed by atoms with Crippen LogP contribution >= 0.6 is 0 Å². The molecule has 0 saturated heterocycles. The molecular weight excluding hydrogens is 396 g/mol. The maximum Gasteiger partial charge on any atom is 0.248 e. The maximum atomic E-state index is 13.4. The van der Waals surface area contributed by atoms with Crippen molar-refractivity contribution in [1.82, 2.24) is 9.78 Å². The fourth-order valence-electron chi connectivity index (χ4n) is 3.08. The lowest BCUT2D eigenvalue weighted by molar-refractivity contribution is -0.111. The third kappa shape index (κ3) is 4.75. The molecule has 1 amide bonds. The fraction of sp³-hybridized carbons (Fsp3) is 0.0400. The van der Waals surface area contributed by atoms with Crippen LogP contribution in [0.2, 0.25) is 0 Å². The molecule has 1 aromatic heterocycles. The van der Waals surface area contributed by atoms with Gasteiger partial charge in [0.15, 0.2) is 11.6 Å². The van der Waals surface area contributed by atoms with Gasteiger partial charge in [-0.15, -0.1) is 0 Å². The van der Waals surface area contributed by atoms with Crippen molar-refractivity contribution in [1.29, 1.82) is 0 Å². The van der Waals surface area contributed by atoms with Crippen molar-refractivity contribution in [2.75, 3.05) is 5.32 Å². The number of hydrogen-bond donors (Lipinski definition) is 1. The maximum absolute atomic E-state index is 13.4. The van der Waals surface area contributed by atoms with Gasteiger partial charge in [-0.1, -0.05) is 48.0 Å². The van der Waals surface area contributed by atoms with Gasteiger partial charge < -0.3 is 5.32 Å². The van der Waals surface area contributed by atoms with Crippen molar-refractivity contribution in [3.05, 3.63) is 108 Å². The lowest BCUT2D eigenvalue weighted by atomic mass is 10.1. The molecule has 0 aliphatic heterocycles. The van der Waals surface area contributed by atoms with Crippen LogP contribution < -0.4 is 5.32 Å². The molecule has 0 aliphatic rings. The predicted octanol–water partition coefficient (Wildman–Crippen LogP) is 5.78. The van der Waals surface area contributed by atoms with Crippen molar-refractivity contribution in [2.24, 2.45) is 0 Å². The van der Waals surface area contributed by atoms with Gasteiger partial charge in [0, 0.05) is 35.2 Å². The summed E-state index contributed by atoms with van der Waals surface area (Å²) in [4.78, 5) is 12.3. The monoisotopic (exact) mass is 415 g/mol. The molecule has 4 nitrogen and oxygen atoms in total. The summed E-state index contributed by atoms with van der Waals surface area (Å²) in [6.45, 7) is 2.01. The third-order valence-electron chi connectivity index (χ3n) is 4.69. The Morgan fingerprint density at radius 3 is 2.42 bits per heavy atom. The largest absolute Gasteiger partial charge is 0.322 e. The molecule has 6 heteroatoms.